The quantitative estimate of drug-likeness (QED) is 0.513. The fourth-order valence-corrected chi connectivity index (χ4v) is 4.74. The van der Waals surface area contributed by atoms with Gasteiger partial charge in [0, 0.05) is 73.4 Å². The minimum Gasteiger partial charge on any atom is -0.374 e. The van der Waals surface area contributed by atoms with Crippen LogP contribution in [0.5, 0.6) is 0 Å². The van der Waals surface area contributed by atoms with Crippen LogP contribution in [0, 0.1) is 0 Å². The van der Waals surface area contributed by atoms with Crippen LogP contribution in [-0.4, -0.2) is 62.0 Å². The fourth-order valence-electron chi connectivity index (χ4n) is 4.23. The number of piperazine rings is 1. The third-order valence-electron chi connectivity index (χ3n) is 6.14. The predicted octanol–water partition coefficient (Wildman–Crippen LogP) is 4.41. The van der Waals surface area contributed by atoms with E-state index in [0.29, 0.717) is 23.0 Å². The molecular formula is C25H31Cl2N5O. The Morgan fingerprint density at radius 3 is 2.42 bits per heavy atom. The van der Waals surface area contributed by atoms with Crippen molar-refractivity contribution >= 4 is 41.0 Å². The maximum Gasteiger partial charge on any atom is 0.214 e. The summed E-state index contributed by atoms with van der Waals surface area (Å²) >= 11 is 12.3. The molecule has 2 aromatic carbocycles. The Bertz CT molecular complexity index is 954. The molecule has 33 heavy (non-hydrogen) atoms. The molecule has 8 heteroatoms. The molecule has 2 aliphatic heterocycles. The Kier molecular flexibility index (Phi) is 8.37. The number of halogens is 2. The zero-order valence-corrected chi connectivity index (χ0v) is 20.3. The molecule has 2 N–H and O–H groups in total. The van der Waals surface area contributed by atoms with E-state index in [4.69, 9.17) is 23.2 Å². The third kappa shape index (κ3) is 6.56. The molecule has 6 nitrogen and oxygen atoms in total. The SMILES string of the molecule is O=CN(CCc1ccc(Cl)cc1Cl)c1ccc(N/C(=C/N2CCCC2)N2CCNCC2)cc1. The second-order valence-corrected chi connectivity index (χ2v) is 9.29. The van der Waals surface area contributed by atoms with Gasteiger partial charge >= 0.3 is 0 Å². The first-order chi connectivity index (χ1) is 16.1. The Morgan fingerprint density at radius 2 is 1.76 bits per heavy atom. The van der Waals surface area contributed by atoms with Gasteiger partial charge in [-0.2, -0.15) is 0 Å². The zero-order chi connectivity index (χ0) is 23.0. The molecule has 0 radical (unpaired) electrons. The van der Waals surface area contributed by atoms with Gasteiger partial charge in [-0.3, -0.25) is 4.79 Å². The van der Waals surface area contributed by atoms with E-state index in [1.807, 2.05) is 36.4 Å². The normalized spacial score (nSPS) is 16.7. The van der Waals surface area contributed by atoms with E-state index in [1.54, 1.807) is 11.0 Å². The molecule has 0 unspecified atom stereocenters. The molecule has 2 fully saturated rings. The molecule has 0 atom stereocenters. The minimum atomic E-state index is 0.540. The van der Waals surface area contributed by atoms with Crippen molar-refractivity contribution in [2.24, 2.45) is 0 Å². The minimum absolute atomic E-state index is 0.540. The average Bonchev–Trinajstić information content (AvgIpc) is 3.35. The highest BCUT2D eigenvalue weighted by molar-refractivity contribution is 6.35. The summed E-state index contributed by atoms with van der Waals surface area (Å²) in [6.45, 7) is 6.71. The van der Waals surface area contributed by atoms with E-state index < -0.39 is 0 Å². The largest absolute Gasteiger partial charge is 0.374 e. The van der Waals surface area contributed by atoms with E-state index >= 15 is 0 Å². The summed E-state index contributed by atoms with van der Waals surface area (Å²) in [7, 11) is 0. The van der Waals surface area contributed by atoms with Gasteiger partial charge in [0.05, 0.1) is 0 Å². The van der Waals surface area contributed by atoms with Crippen LogP contribution in [0.3, 0.4) is 0 Å². The number of carbonyl (C=O) groups is 1. The number of amides is 1. The Balaban J connectivity index is 1.42. The molecule has 2 aliphatic rings. The van der Waals surface area contributed by atoms with Gasteiger partial charge in [-0.25, -0.2) is 0 Å². The highest BCUT2D eigenvalue weighted by Gasteiger charge is 2.17. The predicted molar refractivity (Wildman–Crippen MR) is 137 cm³/mol. The summed E-state index contributed by atoms with van der Waals surface area (Å²) in [5, 5.41) is 8.26. The number of benzene rings is 2. The van der Waals surface area contributed by atoms with Gasteiger partial charge in [0.2, 0.25) is 6.41 Å². The lowest BCUT2D eigenvalue weighted by Crippen LogP contribution is -2.44. The second kappa shape index (κ2) is 11.6. The average molecular weight is 488 g/mol. The van der Waals surface area contributed by atoms with Crippen molar-refractivity contribution in [2.75, 3.05) is 56.0 Å². The molecule has 1 amide bonds. The van der Waals surface area contributed by atoms with Crippen LogP contribution in [0.1, 0.15) is 18.4 Å². The number of anilines is 2. The molecule has 0 aliphatic carbocycles. The molecule has 2 heterocycles. The molecule has 2 saturated heterocycles. The number of hydrogen-bond acceptors (Lipinski definition) is 5. The number of rotatable bonds is 9. The fraction of sp³-hybridized carbons (Fsp3) is 0.400. The van der Waals surface area contributed by atoms with Gasteiger partial charge < -0.3 is 25.3 Å². The maximum absolute atomic E-state index is 11.8. The molecular weight excluding hydrogens is 457 g/mol. The van der Waals surface area contributed by atoms with Crippen molar-refractivity contribution in [2.45, 2.75) is 19.3 Å². The van der Waals surface area contributed by atoms with Gasteiger partial charge in [-0.1, -0.05) is 29.3 Å². The maximum atomic E-state index is 11.8. The van der Waals surface area contributed by atoms with E-state index in [0.717, 1.165) is 68.4 Å². The van der Waals surface area contributed by atoms with Crippen LogP contribution in [0.15, 0.2) is 54.5 Å². The summed E-state index contributed by atoms with van der Waals surface area (Å²) in [5.41, 5.74) is 2.83. The first kappa shape index (κ1) is 23.7. The molecule has 176 valence electrons. The molecule has 0 spiro atoms. The number of nitrogens with zero attached hydrogens (tertiary/aromatic N) is 3. The topological polar surface area (TPSA) is 50.9 Å². The summed E-state index contributed by atoms with van der Waals surface area (Å²) in [5.74, 6) is 1.13. The molecule has 0 saturated carbocycles. The van der Waals surface area contributed by atoms with E-state index in [2.05, 4.69) is 26.6 Å². The summed E-state index contributed by atoms with van der Waals surface area (Å²) in [6, 6.07) is 13.5. The standard InChI is InChI=1S/C25H31Cl2N5O/c26-21-4-3-20(24(27)17-21)9-14-32(19-33)23-7-5-22(6-8-23)29-25(18-30-12-1-2-13-30)31-15-10-28-11-16-31/h3-8,17-19,28-29H,1-2,9-16H2/b25-18-. The van der Waals surface area contributed by atoms with Gasteiger partial charge in [0.25, 0.3) is 0 Å². The van der Waals surface area contributed by atoms with Crippen LogP contribution < -0.4 is 15.5 Å². The monoisotopic (exact) mass is 487 g/mol. The van der Waals surface area contributed by atoms with Crippen LogP contribution in [0.4, 0.5) is 11.4 Å². The summed E-state index contributed by atoms with van der Waals surface area (Å²) < 4.78 is 0. The number of hydrogen-bond donors (Lipinski definition) is 2. The van der Waals surface area contributed by atoms with Crippen LogP contribution in [0.25, 0.3) is 0 Å². The van der Waals surface area contributed by atoms with Gasteiger partial charge in [0.15, 0.2) is 0 Å². The highest BCUT2D eigenvalue weighted by atomic mass is 35.5. The number of carbonyl (C=O) groups excluding carboxylic acids is 1. The molecule has 0 bridgehead atoms. The van der Waals surface area contributed by atoms with E-state index in [9.17, 15) is 4.79 Å². The van der Waals surface area contributed by atoms with Gasteiger partial charge in [-0.15, -0.1) is 0 Å². The molecule has 2 aromatic rings. The van der Waals surface area contributed by atoms with Crippen molar-refractivity contribution in [3.63, 3.8) is 0 Å². The Morgan fingerprint density at radius 1 is 1.03 bits per heavy atom. The van der Waals surface area contributed by atoms with E-state index in [1.165, 1.54) is 12.8 Å². The van der Waals surface area contributed by atoms with E-state index in [-0.39, 0.29) is 0 Å². The van der Waals surface area contributed by atoms with Gasteiger partial charge in [-0.05, 0) is 61.2 Å². The van der Waals surface area contributed by atoms with Crippen molar-refractivity contribution in [1.29, 1.82) is 0 Å². The summed E-state index contributed by atoms with van der Waals surface area (Å²) in [4.78, 5) is 18.3. The summed E-state index contributed by atoms with van der Waals surface area (Å²) in [6.07, 6.45) is 6.29. The first-order valence-electron chi connectivity index (χ1n) is 11.6. The number of likely N-dealkylation sites (tertiary alicyclic amines) is 1. The van der Waals surface area contributed by atoms with Crippen LogP contribution in [-0.2, 0) is 11.2 Å². The third-order valence-corrected chi connectivity index (χ3v) is 6.73. The lowest BCUT2D eigenvalue weighted by Gasteiger charge is -2.33. The van der Waals surface area contributed by atoms with Crippen molar-refractivity contribution in [3.8, 4) is 0 Å². The van der Waals surface area contributed by atoms with Crippen molar-refractivity contribution < 1.29 is 4.79 Å². The lowest BCUT2D eigenvalue weighted by molar-refractivity contribution is -0.107. The van der Waals surface area contributed by atoms with Crippen molar-refractivity contribution in [1.82, 2.24) is 15.1 Å². The van der Waals surface area contributed by atoms with Crippen LogP contribution >= 0.6 is 23.2 Å². The lowest BCUT2D eigenvalue weighted by atomic mass is 10.1. The highest BCUT2D eigenvalue weighted by Crippen LogP contribution is 2.24. The van der Waals surface area contributed by atoms with Crippen LogP contribution in [0.2, 0.25) is 10.0 Å². The molecule has 4 rings (SSSR count). The zero-order valence-electron chi connectivity index (χ0n) is 18.8. The van der Waals surface area contributed by atoms with Gasteiger partial charge in [0.1, 0.15) is 5.82 Å². The number of nitrogens with one attached hydrogen (secondary N) is 2. The smallest absolute Gasteiger partial charge is 0.214 e. The Labute approximate surface area is 206 Å². The Hall–Kier alpha value is -2.41. The van der Waals surface area contributed by atoms with Crippen molar-refractivity contribution in [3.05, 3.63) is 70.1 Å². The second-order valence-electron chi connectivity index (χ2n) is 8.45. The molecule has 0 aromatic heterocycles. The first-order valence-corrected chi connectivity index (χ1v) is 12.3.